The molecular formula is C22H22F5N5OS. The molecule has 1 unspecified atom stereocenters. The van der Waals surface area contributed by atoms with E-state index in [2.05, 4.69) is 20.6 Å². The maximum Gasteiger partial charge on any atom is 0.310 e. The van der Waals surface area contributed by atoms with Crippen molar-refractivity contribution in [3.63, 3.8) is 0 Å². The summed E-state index contributed by atoms with van der Waals surface area (Å²) in [5.74, 6) is 1.42. The highest BCUT2D eigenvalue weighted by Crippen LogP contribution is 3.02. The van der Waals surface area contributed by atoms with E-state index in [1.54, 1.807) is 31.6 Å². The molecule has 0 amide bonds. The number of hydrogen-bond donors (Lipinski definition) is 2. The van der Waals surface area contributed by atoms with Crippen molar-refractivity contribution in [2.24, 2.45) is 4.99 Å². The van der Waals surface area contributed by atoms with Gasteiger partial charge in [0.15, 0.2) is 0 Å². The molecule has 34 heavy (non-hydrogen) atoms. The largest absolute Gasteiger partial charge is 0.494 e. The average molecular weight is 500 g/mol. The fourth-order valence-electron chi connectivity index (χ4n) is 3.39. The fourth-order valence-corrected chi connectivity index (χ4v) is 4.04. The van der Waals surface area contributed by atoms with Crippen LogP contribution in [-0.2, 0) is 0 Å². The topological polar surface area (TPSA) is 61.8 Å². The number of anilines is 5. The summed E-state index contributed by atoms with van der Waals surface area (Å²) in [6.07, 6.45) is 1.77. The average Bonchev–Trinajstić information content (AvgIpc) is 3.19. The third kappa shape index (κ3) is 5.50. The Hall–Kier alpha value is -3.54. The Morgan fingerprint density at radius 3 is 2.09 bits per heavy atom. The number of pyridine rings is 1. The van der Waals surface area contributed by atoms with Crippen molar-refractivity contribution in [1.82, 2.24) is 4.98 Å². The highest BCUT2D eigenvalue weighted by atomic mass is 32.5. The maximum atomic E-state index is 12.9. The Morgan fingerprint density at radius 2 is 1.53 bits per heavy atom. The number of nitrogens with one attached hydrogen (secondary N) is 2. The summed E-state index contributed by atoms with van der Waals surface area (Å²) in [7, 11) is -8.14. The minimum absolute atomic E-state index is 0.183. The Kier molecular flexibility index (Phi) is 5.39. The van der Waals surface area contributed by atoms with E-state index in [1.165, 1.54) is 0 Å². The normalized spacial score (nSPS) is 17.7. The number of benzene rings is 2. The molecule has 6 nitrogen and oxygen atoms in total. The lowest BCUT2D eigenvalue weighted by Crippen LogP contribution is -2.21. The standard InChI is InChI=1S/C22H22F5N5OS/c1-15-13-32(14-28-15)19-11-8-17(12-20(19)33-2)30-22-5-3-4-21(31-22)29-16-6-9-18(10-7-16)34(23,24,25,26)27/h3-12,14-15H,13H2,1-2H3,(H2,29,30,31). The molecule has 3 aromatic rings. The molecule has 0 fully saturated rings. The van der Waals surface area contributed by atoms with Crippen LogP contribution in [-0.4, -0.2) is 31.0 Å². The molecule has 1 aliphatic heterocycles. The molecule has 2 aromatic carbocycles. The third-order valence-corrected chi connectivity index (χ3v) is 6.17. The van der Waals surface area contributed by atoms with Gasteiger partial charge in [-0.05, 0) is 55.5 Å². The number of hydrogen-bond acceptors (Lipinski definition) is 6. The highest BCUT2D eigenvalue weighted by Gasteiger charge is 2.65. The Bertz CT molecular complexity index is 1240. The van der Waals surface area contributed by atoms with Gasteiger partial charge >= 0.3 is 10.2 Å². The van der Waals surface area contributed by atoms with Gasteiger partial charge in [-0.3, -0.25) is 4.99 Å². The van der Waals surface area contributed by atoms with Gasteiger partial charge < -0.3 is 20.3 Å². The molecule has 1 aliphatic rings. The summed E-state index contributed by atoms with van der Waals surface area (Å²) in [6.45, 7) is 2.77. The molecule has 0 saturated carbocycles. The zero-order chi connectivity index (χ0) is 24.6. The van der Waals surface area contributed by atoms with Gasteiger partial charge in [0.25, 0.3) is 0 Å². The first-order chi connectivity index (χ1) is 15.8. The molecule has 0 bridgehead atoms. The van der Waals surface area contributed by atoms with E-state index in [0.717, 1.165) is 24.4 Å². The molecule has 2 N–H and O–H groups in total. The van der Waals surface area contributed by atoms with E-state index >= 15 is 0 Å². The first kappa shape index (κ1) is 23.6. The molecule has 0 spiro atoms. The predicted molar refractivity (Wildman–Crippen MR) is 127 cm³/mol. The van der Waals surface area contributed by atoms with Gasteiger partial charge in [-0.1, -0.05) is 25.5 Å². The number of methoxy groups -OCH3 is 1. The van der Waals surface area contributed by atoms with Crippen LogP contribution >= 0.6 is 10.2 Å². The van der Waals surface area contributed by atoms with Crippen molar-refractivity contribution < 1.29 is 24.2 Å². The molecule has 0 radical (unpaired) electrons. The minimum Gasteiger partial charge on any atom is -0.494 e. The van der Waals surface area contributed by atoms with E-state index in [9.17, 15) is 19.4 Å². The van der Waals surface area contributed by atoms with E-state index in [1.807, 2.05) is 30.0 Å². The number of aliphatic imine (C=N–C) groups is 1. The number of ether oxygens (including phenoxy) is 1. The van der Waals surface area contributed by atoms with Crippen molar-refractivity contribution in [3.8, 4) is 5.75 Å². The molecule has 0 saturated heterocycles. The molecule has 12 heteroatoms. The second-order valence-corrected chi connectivity index (χ2v) is 10.2. The number of aromatic nitrogens is 1. The summed E-state index contributed by atoms with van der Waals surface area (Å²) in [5, 5.41) is 5.95. The summed E-state index contributed by atoms with van der Waals surface area (Å²) < 4.78 is 70.0. The van der Waals surface area contributed by atoms with Crippen molar-refractivity contribution in [3.05, 3.63) is 60.7 Å². The minimum atomic E-state index is -9.71. The van der Waals surface area contributed by atoms with Crippen LogP contribution in [0.5, 0.6) is 5.75 Å². The van der Waals surface area contributed by atoms with Crippen molar-refractivity contribution in [1.29, 1.82) is 0 Å². The Morgan fingerprint density at radius 1 is 0.912 bits per heavy atom. The van der Waals surface area contributed by atoms with Crippen LogP contribution < -0.4 is 20.3 Å². The molecule has 2 heterocycles. The third-order valence-electron chi connectivity index (χ3n) is 5.00. The van der Waals surface area contributed by atoms with Gasteiger partial charge in [-0.25, -0.2) is 4.98 Å². The van der Waals surface area contributed by atoms with Gasteiger partial charge in [-0.2, -0.15) is 0 Å². The quantitative estimate of drug-likeness (QED) is 0.330. The van der Waals surface area contributed by atoms with Gasteiger partial charge in [0.2, 0.25) is 0 Å². The maximum absolute atomic E-state index is 12.9. The van der Waals surface area contributed by atoms with Crippen LogP contribution in [0.25, 0.3) is 0 Å². The van der Waals surface area contributed by atoms with E-state index in [0.29, 0.717) is 35.2 Å². The highest BCUT2D eigenvalue weighted by molar-refractivity contribution is 8.45. The first-order valence-electron chi connectivity index (χ1n) is 10.1. The second-order valence-electron chi connectivity index (χ2n) is 7.80. The predicted octanol–water partition coefficient (Wildman–Crippen LogP) is 7.47. The Labute approximate surface area is 193 Å². The molecule has 4 rings (SSSR count). The van der Waals surface area contributed by atoms with E-state index in [-0.39, 0.29) is 11.7 Å². The van der Waals surface area contributed by atoms with Crippen LogP contribution in [0.1, 0.15) is 6.92 Å². The fraction of sp³-hybridized carbons (Fsp3) is 0.182. The van der Waals surface area contributed by atoms with Crippen LogP contribution in [0.4, 0.5) is 48.1 Å². The van der Waals surface area contributed by atoms with Gasteiger partial charge in [0.05, 0.1) is 25.2 Å². The summed E-state index contributed by atoms with van der Waals surface area (Å²) >= 11 is 0. The van der Waals surface area contributed by atoms with Crippen LogP contribution in [0.3, 0.4) is 0 Å². The number of halogens is 5. The van der Waals surface area contributed by atoms with Crippen LogP contribution in [0.2, 0.25) is 0 Å². The van der Waals surface area contributed by atoms with Crippen LogP contribution in [0.15, 0.2) is 70.6 Å². The zero-order valence-corrected chi connectivity index (χ0v) is 19.0. The number of nitrogens with zero attached hydrogens (tertiary/aromatic N) is 3. The summed E-state index contributed by atoms with van der Waals surface area (Å²) in [6, 6.07) is 13.3. The monoisotopic (exact) mass is 499 g/mol. The Balaban J connectivity index is 1.49. The van der Waals surface area contributed by atoms with E-state index < -0.39 is 15.1 Å². The molecule has 1 aromatic heterocycles. The van der Waals surface area contributed by atoms with Gasteiger partial charge in [-0.15, -0.1) is 0 Å². The summed E-state index contributed by atoms with van der Waals surface area (Å²) in [4.78, 5) is 8.77. The van der Waals surface area contributed by atoms with Crippen LogP contribution in [0, 0.1) is 0 Å². The molecule has 1 atom stereocenters. The van der Waals surface area contributed by atoms with Crippen molar-refractivity contribution in [2.75, 3.05) is 29.2 Å². The lowest BCUT2D eigenvalue weighted by Gasteiger charge is -2.40. The lowest BCUT2D eigenvalue weighted by molar-refractivity contribution is 0.364. The van der Waals surface area contributed by atoms with Crippen molar-refractivity contribution in [2.45, 2.75) is 17.9 Å². The smallest absolute Gasteiger partial charge is 0.310 e. The summed E-state index contributed by atoms with van der Waals surface area (Å²) in [5.41, 5.74) is 1.76. The van der Waals surface area contributed by atoms with E-state index in [4.69, 9.17) is 4.74 Å². The lowest BCUT2D eigenvalue weighted by atomic mass is 10.2. The number of rotatable bonds is 7. The van der Waals surface area contributed by atoms with Gasteiger partial charge in [0, 0.05) is 24.0 Å². The first-order valence-corrected chi connectivity index (χ1v) is 12.1. The van der Waals surface area contributed by atoms with Crippen molar-refractivity contribution >= 4 is 45.3 Å². The molecule has 0 aliphatic carbocycles. The SMILES string of the molecule is COc1cc(Nc2cccc(Nc3ccc(S(F)(F)(F)(F)F)cc3)n2)ccc1N1C=NC(C)C1. The zero-order valence-electron chi connectivity index (χ0n) is 18.2. The molecular weight excluding hydrogens is 477 g/mol. The molecule has 182 valence electrons. The van der Waals surface area contributed by atoms with Gasteiger partial charge in [0.1, 0.15) is 22.3 Å². The second kappa shape index (κ2) is 7.76.